The topological polar surface area (TPSA) is 55.1 Å². The largest absolute Gasteiger partial charge is 0.398 e. The number of carbonyl (C=O) groups is 1. The fraction of sp³-hybridized carbons (Fsp3) is 0.364. The van der Waals surface area contributed by atoms with Crippen molar-refractivity contribution in [2.24, 2.45) is 0 Å². The van der Waals surface area contributed by atoms with Crippen molar-refractivity contribution in [2.45, 2.75) is 29.0 Å². The van der Waals surface area contributed by atoms with Gasteiger partial charge in [0.05, 0.1) is 0 Å². The third kappa shape index (κ3) is 3.09. The number of carbonyl (C=O) groups excluding carboxylic acids is 1. The molecule has 0 atom stereocenters. The lowest BCUT2D eigenvalue weighted by Crippen LogP contribution is -2.38. The van der Waals surface area contributed by atoms with Gasteiger partial charge in [-0.2, -0.15) is 8.78 Å². The van der Waals surface area contributed by atoms with Gasteiger partial charge in [-0.15, -0.1) is 0 Å². The minimum atomic E-state index is -3.49. The zero-order chi connectivity index (χ0) is 12.5. The van der Waals surface area contributed by atoms with Crippen molar-refractivity contribution in [2.75, 3.05) is 5.73 Å². The Morgan fingerprint density at radius 3 is 2.65 bits per heavy atom. The van der Waals surface area contributed by atoms with E-state index in [0.717, 1.165) is 12.8 Å². The van der Waals surface area contributed by atoms with Crippen molar-refractivity contribution >= 4 is 23.4 Å². The van der Waals surface area contributed by atoms with Gasteiger partial charge in [0.1, 0.15) is 0 Å². The minimum absolute atomic E-state index is 0.0814. The van der Waals surface area contributed by atoms with Crippen molar-refractivity contribution in [3.63, 3.8) is 0 Å². The number of nitrogen functional groups attached to an aromatic ring is 1. The lowest BCUT2D eigenvalue weighted by molar-refractivity contribution is -0.135. The summed E-state index contributed by atoms with van der Waals surface area (Å²) in [6.45, 7) is 0. The van der Waals surface area contributed by atoms with Gasteiger partial charge in [0.25, 0.3) is 0 Å². The first-order chi connectivity index (χ1) is 7.99. The number of para-hydroxylation sites is 1. The summed E-state index contributed by atoms with van der Waals surface area (Å²) in [5.74, 6) is -1.24. The van der Waals surface area contributed by atoms with Crippen LogP contribution in [0.5, 0.6) is 0 Å². The number of alkyl halides is 2. The molecular weight excluding hydrogens is 246 g/mol. The Morgan fingerprint density at radius 2 is 2.06 bits per heavy atom. The van der Waals surface area contributed by atoms with Crippen LogP contribution in [0.25, 0.3) is 0 Å². The standard InChI is InChI=1S/C11H12F2N2OS/c12-11(13,10(16)15-7-5-6-7)17-9-4-2-1-3-8(9)14/h1-4,7H,5-6,14H2,(H,15,16). The SMILES string of the molecule is Nc1ccccc1SC(F)(F)C(=O)NC1CC1. The maximum absolute atomic E-state index is 13.6. The molecule has 3 N–H and O–H groups in total. The molecule has 1 aromatic carbocycles. The number of benzene rings is 1. The van der Waals surface area contributed by atoms with E-state index in [-0.39, 0.29) is 28.4 Å². The molecular formula is C11H12F2N2OS. The molecule has 1 aromatic rings. The second-order valence-corrected chi connectivity index (χ2v) is 5.06. The number of halogens is 2. The number of anilines is 1. The van der Waals surface area contributed by atoms with Gasteiger partial charge in [0, 0.05) is 16.6 Å². The summed E-state index contributed by atoms with van der Waals surface area (Å²) < 4.78 is 27.1. The first kappa shape index (κ1) is 12.2. The van der Waals surface area contributed by atoms with E-state index in [1.54, 1.807) is 12.1 Å². The number of nitrogens with two attached hydrogens (primary N) is 1. The van der Waals surface area contributed by atoms with Gasteiger partial charge < -0.3 is 11.1 Å². The molecule has 1 fully saturated rings. The van der Waals surface area contributed by atoms with E-state index in [1.807, 2.05) is 0 Å². The summed E-state index contributed by atoms with van der Waals surface area (Å²) in [7, 11) is 0. The van der Waals surface area contributed by atoms with E-state index in [2.05, 4.69) is 5.32 Å². The Balaban J connectivity index is 2.05. The molecule has 2 rings (SSSR count). The lowest BCUT2D eigenvalue weighted by atomic mass is 10.3. The Hall–Kier alpha value is -1.30. The Labute approximate surface area is 102 Å². The highest BCUT2D eigenvalue weighted by atomic mass is 32.2. The monoisotopic (exact) mass is 258 g/mol. The summed E-state index contributed by atoms with van der Waals surface area (Å²) in [5.41, 5.74) is 5.80. The maximum atomic E-state index is 13.6. The fourth-order valence-electron chi connectivity index (χ4n) is 1.26. The van der Waals surface area contributed by atoms with Gasteiger partial charge in [-0.05, 0) is 36.7 Å². The average molecular weight is 258 g/mol. The number of hydrogen-bond acceptors (Lipinski definition) is 3. The van der Waals surface area contributed by atoms with Gasteiger partial charge >= 0.3 is 11.2 Å². The van der Waals surface area contributed by atoms with Crippen LogP contribution >= 0.6 is 11.8 Å². The number of nitrogens with one attached hydrogen (secondary N) is 1. The van der Waals surface area contributed by atoms with Crippen LogP contribution in [0.1, 0.15) is 12.8 Å². The van der Waals surface area contributed by atoms with Crippen LogP contribution in [0, 0.1) is 0 Å². The van der Waals surface area contributed by atoms with Crippen LogP contribution in [0.2, 0.25) is 0 Å². The number of thioether (sulfide) groups is 1. The third-order valence-electron chi connectivity index (χ3n) is 2.33. The van der Waals surface area contributed by atoms with E-state index in [1.165, 1.54) is 12.1 Å². The molecule has 0 radical (unpaired) electrons. The van der Waals surface area contributed by atoms with Gasteiger partial charge in [0.2, 0.25) is 0 Å². The van der Waals surface area contributed by atoms with Gasteiger partial charge in [-0.3, -0.25) is 4.79 Å². The van der Waals surface area contributed by atoms with E-state index < -0.39 is 11.2 Å². The molecule has 1 saturated carbocycles. The number of hydrogen-bond donors (Lipinski definition) is 2. The Morgan fingerprint density at radius 1 is 1.41 bits per heavy atom. The smallest absolute Gasteiger partial charge is 0.375 e. The molecule has 0 aromatic heterocycles. The molecule has 6 heteroatoms. The molecule has 0 heterocycles. The number of rotatable bonds is 4. The molecule has 3 nitrogen and oxygen atoms in total. The summed E-state index contributed by atoms with van der Waals surface area (Å²) in [5, 5.41) is -1.20. The van der Waals surface area contributed by atoms with Crippen molar-refractivity contribution in [3.8, 4) is 0 Å². The highest BCUT2D eigenvalue weighted by molar-refractivity contribution is 8.01. The highest BCUT2D eigenvalue weighted by Crippen LogP contribution is 2.39. The van der Waals surface area contributed by atoms with Crippen LogP contribution in [-0.2, 0) is 4.79 Å². The molecule has 0 spiro atoms. The van der Waals surface area contributed by atoms with E-state index in [9.17, 15) is 13.6 Å². The van der Waals surface area contributed by atoms with Crippen molar-refractivity contribution in [1.29, 1.82) is 0 Å². The van der Waals surface area contributed by atoms with Crippen LogP contribution < -0.4 is 11.1 Å². The fourth-order valence-corrected chi connectivity index (χ4v) is 2.02. The first-order valence-electron chi connectivity index (χ1n) is 5.21. The lowest BCUT2D eigenvalue weighted by Gasteiger charge is -2.16. The van der Waals surface area contributed by atoms with Crippen LogP contribution in [0.3, 0.4) is 0 Å². The second-order valence-electron chi connectivity index (χ2n) is 3.90. The molecule has 1 aliphatic carbocycles. The molecule has 0 bridgehead atoms. The highest BCUT2D eigenvalue weighted by Gasteiger charge is 2.42. The van der Waals surface area contributed by atoms with E-state index in [4.69, 9.17) is 5.73 Å². The average Bonchev–Trinajstić information content (AvgIpc) is 3.05. The predicted octanol–water partition coefficient (Wildman–Crippen LogP) is 2.23. The Bertz CT molecular complexity index is 435. The third-order valence-corrected chi connectivity index (χ3v) is 3.37. The molecule has 1 amide bonds. The molecule has 0 aliphatic heterocycles. The predicted molar refractivity (Wildman–Crippen MR) is 62.8 cm³/mol. The Kier molecular flexibility index (Phi) is 3.24. The zero-order valence-electron chi connectivity index (χ0n) is 8.95. The van der Waals surface area contributed by atoms with E-state index in [0.29, 0.717) is 0 Å². The number of amides is 1. The van der Waals surface area contributed by atoms with Gasteiger partial charge in [-0.1, -0.05) is 12.1 Å². The summed E-state index contributed by atoms with van der Waals surface area (Å²) >= 11 is 0.180. The zero-order valence-corrected chi connectivity index (χ0v) is 9.77. The molecule has 92 valence electrons. The first-order valence-corrected chi connectivity index (χ1v) is 6.03. The molecule has 17 heavy (non-hydrogen) atoms. The molecule has 0 unspecified atom stereocenters. The quantitative estimate of drug-likeness (QED) is 0.643. The van der Waals surface area contributed by atoms with E-state index >= 15 is 0 Å². The summed E-state index contributed by atoms with van der Waals surface area (Å²) in [4.78, 5) is 11.5. The van der Waals surface area contributed by atoms with Crippen molar-refractivity contribution in [3.05, 3.63) is 24.3 Å². The minimum Gasteiger partial charge on any atom is -0.398 e. The summed E-state index contributed by atoms with van der Waals surface area (Å²) in [6, 6.07) is 6.17. The molecule has 0 saturated heterocycles. The normalized spacial score (nSPS) is 15.6. The van der Waals surface area contributed by atoms with Gasteiger partial charge in [-0.25, -0.2) is 0 Å². The molecule has 1 aliphatic rings. The summed E-state index contributed by atoms with van der Waals surface area (Å²) in [6.07, 6.45) is 1.56. The van der Waals surface area contributed by atoms with Crippen molar-refractivity contribution in [1.82, 2.24) is 5.32 Å². The van der Waals surface area contributed by atoms with Crippen molar-refractivity contribution < 1.29 is 13.6 Å². The maximum Gasteiger partial charge on any atom is 0.375 e. The van der Waals surface area contributed by atoms with Crippen LogP contribution in [-0.4, -0.2) is 17.2 Å². The second kappa shape index (κ2) is 4.52. The van der Waals surface area contributed by atoms with Crippen LogP contribution in [0.4, 0.5) is 14.5 Å². The van der Waals surface area contributed by atoms with Gasteiger partial charge in [0.15, 0.2) is 0 Å². The van der Waals surface area contributed by atoms with Crippen LogP contribution in [0.15, 0.2) is 29.2 Å².